The Hall–Kier alpha value is -1.81. The first-order valence-electron chi connectivity index (χ1n) is 6.14. The Morgan fingerprint density at radius 1 is 1.21 bits per heavy atom. The highest BCUT2D eigenvalue weighted by Gasteiger charge is 2.17. The summed E-state index contributed by atoms with van der Waals surface area (Å²) in [6.07, 6.45) is 3.70. The van der Waals surface area contributed by atoms with E-state index in [0.29, 0.717) is 0 Å². The summed E-state index contributed by atoms with van der Waals surface area (Å²) in [6.45, 7) is 1.93. The zero-order valence-corrected chi connectivity index (χ0v) is 11.0. The van der Waals surface area contributed by atoms with E-state index in [-0.39, 0.29) is 18.0 Å². The third-order valence-electron chi connectivity index (χ3n) is 3.26. The second kappa shape index (κ2) is 5.89. The van der Waals surface area contributed by atoms with E-state index in [1.165, 1.54) is 18.2 Å². The molecule has 100 valence electrons. The van der Waals surface area contributed by atoms with Crippen LogP contribution < -0.4 is 5.32 Å². The first-order chi connectivity index (χ1) is 9.13. The second-order valence-electron chi connectivity index (χ2n) is 4.48. The third kappa shape index (κ3) is 2.96. The van der Waals surface area contributed by atoms with Crippen LogP contribution in [-0.4, -0.2) is 12.0 Å². The van der Waals surface area contributed by atoms with E-state index in [1.807, 2.05) is 13.0 Å². The van der Waals surface area contributed by atoms with E-state index in [1.54, 1.807) is 19.4 Å². The van der Waals surface area contributed by atoms with Crippen LogP contribution in [0, 0.1) is 18.6 Å². The monoisotopic (exact) mass is 262 g/mol. The van der Waals surface area contributed by atoms with Gasteiger partial charge in [0.1, 0.15) is 11.6 Å². The number of rotatable bonds is 4. The molecule has 2 aromatic rings. The van der Waals surface area contributed by atoms with Crippen molar-refractivity contribution in [2.24, 2.45) is 0 Å². The molecule has 1 unspecified atom stereocenters. The summed E-state index contributed by atoms with van der Waals surface area (Å²) in [7, 11) is 1.78. The van der Waals surface area contributed by atoms with E-state index in [4.69, 9.17) is 0 Å². The van der Waals surface area contributed by atoms with Crippen molar-refractivity contribution in [1.82, 2.24) is 10.3 Å². The van der Waals surface area contributed by atoms with Gasteiger partial charge < -0.3 is 5.32 Å². The van der Waals surface area contributed by atoms with Crippen LogP contribution >= 0.6 is 0 Å². The molecule has 0 saturated heterocycles. The average molecular weight is 262 g/mol. The number of nitrogens with zero attached hydrogens (tertiary/aromatic N) is 1. The quantitative estimate of drug-likeness (QED) is 0.915. The van der Waals surface area contributed by atoms with Gasteiger partial charge in [-0.2, -0.15) is 0 Å². The number of hydrogen-bond donors (Lipinski definition) is 1. The summed E-state index contributed by atoms with van der Waals surface area (Å²) in [5.74, 6) is -1.01. The van der Waals surface area contributed by atoms with E-state index in [9.17, 15) is 8.78 Å². The van der Waals surface area contributed by atoms with Crippen LogP contribution in [0.1, 0.15) is 22.7 Å². The number of likely N-dealkylation sites (N-methyl/N-ethyl adjacent to an activating group) is 1. The molecule has 0 fully saturated rings. The number of nitrogens with one attached hydrogen (secondary N) is 1. The molecule has 0 spiro atoms. The fourth-order valence-electron chi connectivity index (χ4n) is 2.17. The summed E-state index contributed by atoms with van der Waals surface area (Å²) in [5, 5.41) is 3.10. The van der Waals surface area contributed by atoms with Crippen LogP contribution in [0.4, 0.5) is 8.78 Å². The van der Waals surface area contributed by atoms with E-state index in [0.717, 1.165) is 11.1 Å². The Morgan fingerprint density at radius 3 is 2.47 bits per heavy atom. The SMILES string of the molecule is CNC(Cc1c(F)cccc1F)c1ccncc1C. The van der Waals surface area contributed by atoms with Crippen molar-refractivity contribution in [3.8, 4) is 0 Å². The minimum absolute atomic E-state index is 0.109. The highest BCUT2D eigenvalue weighted by molar-refractivity contribution is 5.29. The predicted octanol–water partition coefficient (Wildman–Crippen LogP) is 3.17. The molecule has 0 aliphatic rings. The molecular formula is C15H16F2N2. The molecule has 19 heavy (non-hydrogen) atoms. The molecule has 1 atom stereocenters. The van der Waals surface area contributed by atoms with Crippen LogP contribution in [0.15, 0.2) is 36.7 Å². The minimum atomic E-state index is -0.507. The first kappa shape index (κ1) is 13.6. The van der Waals surface area contributed by atoms with Gasteiger partial charge in [-0.15, -0.1) is 0 Å². The summed E-state index contributed by atoms with van der Waals surface area (Å²) >= 11 is 0. The van der Waals surface area contributed by atoms with Crippen molar-refractivity contribution in [1.29, 1.82) is 0 Å². The number of halogens is 2. The maximum absolute atomic E-state index is 13.7. The van der Waals surface area contributed by atoms with Crippen LogP contribution in [0.5, 0.6) is 0 Å². The maximum Gasteiger partial charge on any atom is 0.129 e. The number of pyridine rings is 1. The highest BCUT2D eigenvalue weighted by Crippen LogP contribution is 2.23. The molecule has 1 heterocycles. The Balaban J connectivity index is 2.32. The third-order valence-corrected chi connectivity index (χ3v) is 3.26. The normalized spacial score (nSPS) is 12.4. The lowest BCUT2D eigenvalue weighted by Gasteiger charge is -2.19. The molecule has 1 N–H and O–H groups in total. The van der Waals surface area contributed by atoms with Crippen molar-refractivity contribution in [3.05, 3.63) is 65.0 Å². The fourth-order valence-corrected chi connectivity index (χ4v) is 2.17. The fraction of sp³-hybridized carbons (Fsp3) is 0.267. The Kier molecular flexibility index (Phi) is 4.22. The van der Waals surface area contributed by atoms with Crippen molar-refractivity contribution >= 4 is 0 Å². The van der Waals surface area contributed by atoms with Crippen LogP contribution in [0.2, 0.25) is 0 Å². The summed E-state index contributed by atoms with van der Waals surface area (Å²) in [5.41, 5.74) is 2.11. The zero-order valence-electron chi connectivity index (χ0n) is 11.0. The molecule has 0 bridgehead atoms. The number of aromatic nitrogens is 1. The predicted molar refractivity (Wildman–Crippen MR) is 70.8 cm³/mol. The lowest BCUT2D eigenvalue weighted by Crippen LogP contribution is -2.21. The maximum atomic E-state index is 13.7. The molecule has 1 aromatic heterocycles. The molecule has 1 aromatic carbocycles. The van der Waals surface area contributed by atoms with E-state index < -0.39 is 11.6 Å². The van der Waals surface area contributed by atoms with Gasteiger partial charge in [-0.05, 0) is 49.7 Å². The molecule has 2 nitrogen and oxygen atoms in total. The van der Waals surface area contributed by atoms with Gasteiger partial charge in [0, 0.05) is 24.0 Å². The van der Waals surface area contributed by atoms with Gasteiger partial charge in [-0.25, -0.2) is 8.78 Å². The molecule has 4 heteroatoms. The summed E-state index contributed by atoms with van der Waals surface area (Å²) in [6, 6.07) is 5.67. The first-order valence-corrected chi connectivity index (χ1v) is 6.14. The summed E-state index contributed by atoms with van der Waals surface area (Å²) in [4.78, 5) is 4.03. The molecule has 2 rings (SSSR count). The largest absolute Gasteiger partial charge is 0.313 e. The molecule has 0 amide bonds. The number of hydrogen-bond acceptors (Lipinski definition) is 2. The van der Waals surface area contributed by atoms with E-state index in [2.05, 4.69) is 10.3 Å². The molecule has 0 aliphatic heterocycles. The molecule has 0 radical (unpaired) electrons. The average Bonchev–Trinajstić information content (AvgIpc) is 2.40. The van der Waals surface area contributed by atoms with Crippen LogP contribution in [0.25, 0.3) is 0 Å². The van der Waals surface area contributed by atoms with Crippen molar-refractivity contribution in [2.45, 2.75) is 19.4 Å². The lowest BCUT2D eigenvalue weighted by atomic mass is 9.96. The van der Waals surface area contributed by atoms with Crippen LogP contribution in [-0.2, 0) is 6.42 Å². The van der Waals surface area contributed by atoms with Crippen molar-refractivity contribution in [3.63, 3.8) is 0 Å². The Labute approximate surface area is 111 Å². The number of benzene rings is 1. The van der Waals surface area contributed by atoms with Gasteiger partial charge in [-0.1, -0.05) is 6.07 Å². The Bertz CT molecular complexity index is 550. The van der Waals surface area contributed by atoms with Crippen molar-refractivity contribution in [2.75, 3.05) is 7.05 Å². The molecule has 0 saturated carbocycles. The van der Waals surface area contributed by atoms with Crippen molar-refractivity contribution < 1.29 is 8.78 Å². The second-order valence-corrected chi connectivity index (χ2v) is 4.48. The topological polar surface area (TPSA) is 24.9 Å². The minimum Gasteiger partial charge on any atom is -0.313 e. The smallest absolute Gasteiger partial charge is 0.129 e. The zero-order chi connectivity index (χ0) is 13.8. The standard InChI is InChI=1S/C15H16F2N2/c1-10-9-19-7-6-11(10)15(18-2)8-12-13(16)4-3-5-14(12)17/h3-7,9,15,18H,8H2,1-2H3. The van der Waals surface area contributed by atoms with Gasteiger partial charge in [-0.3, -0.25) is 4.98 Å². The summed E-state index contributed by atoms with van der Waals surface area (Å²) < 4.78 is 27.4. The van der Waals surface area contributed by atoms with Gasteiger partial charge in [0.25, 0.3) is 0 Å². The van der Waals surface area contributed by atoms with Gasteiger partial charge in [0.05, 0.1) is 0 Å². The van der Waals surface area contributed by atoms with Crippen LogP contribution in [0.3, 0.4) is 0 Å². The molecule has 0 aliphatic carbocycles. The van der Waals surface area contributed by atoms with Gasteiger partial charge in [0.2, 0.25) is 0 Å². The lowest BCUT2D eigenvalue weighted by molar-refractivity contribution is 0.514. The highest BCUT2D eigenvalue weighted by atomic mass is 19.1. The Morgan fingerprint density at radius 2 is 1.89 bits per heavy atom. The van der Waals surface area contributed by atoms with Gasteiger partial charge in [0.15, 0.2) is 0 Å². The van der Waals surface area contributed by atoms with E-state index >= 15 is 0 Å². The molecular weight excluding hydrogens is 246 g/mol. The number of aryl methyl sites for hydroxylation is 1. The van der Waals surface area contributed by atoms with Gasteiger partial charge >= 0.3 is 0 Å².